The summed E-state index contributed by atoms with van der Waals surface area (Å²) in [6.07, 6.45) is 2.55. The fourth-order valence-electron chi connectivity index (χ4n) is 2.84. The van der Waals surface area contributed by atoms with Crippen LogP contribution in [0.1, 0.15) is 44.2 Å². The lowest BCUT2D eigenvalue weighted by Crippen LogP contribution is -2.44. The molecule has 23 heavy (non-hydrogen) atoms. The third kappa shape index (κ3) is 5.01. The summed E-state index contributed by atoms with van der Waals surface area (Å²) in [5, 5.41) is 15.8. The van der Waals surface area contributed by atoms with Crippen molar-refractivity contribution in [1.29, 1.82) is 0 Å². The number of benzene rings is 1. The maximum atomic E-state index is 12.1. The van der Waals surface area contributed by atoms with Gasteiger partial charge in [-0.15, -0.1) is 0 Å². The van der Waals surface area contributed by atoms with E-state index in [1.807, 2.05) is 6.92 Å². The van der Waals surface area contributed by atoms with Crippen molar-refractivity contribution in [3.05, 3.63) is 33.8 Å². The van der Waals surface area contributed by atoms with E-state index in [1.54, 1.807) is 18.2 Å². The van der Waals surface area contributed by atoms with Crippen LogP contribution in [-0.4, -0.2) is 23.1 Å². The first-order valence-corrected chi connectivity index (χ1v) is 8.37. The summed E-state index contributed by atoms with van der Waals surface area (Å²) in [5.74, 6) is -1.04. The van der Waals surface area contributed by atoms with Crippen LogP contribution in [0.5, 0.6) is 0 Å². The van der Waals surface area contributed by atoms with Gasteiger partial charge in [-0.3, -0.25) is 4.79 Å². The highest BCUT2D eigenvalue weighted by molar-refractivity contribution is 6.35. The molecule has 0 unspecified atom stereocenters. The molecule has 0 heterocycles. The zero-order valence-electron chi connectivity index (χ0n) is 12.8. The number of carboxylic acid groups (broad SMARTS) is 1. The van der Waals surface area contributed by atoms with Crippen molar-refractivity contribution in [1.82, 2.24) is 10.6 Å². The van der Waals surface area contributed by atoms with E-state index in [2.05, 4.69) is 10.6 Å². The number of carbonyl (C=O) groups excluding carboxylic acids is 1. The maximum Gasteiger partial charge on any atom is 0.315 e. The van der Waals surface area contributed by atoms with Gasteiger partial charge in [-0.1, -0.05) is 29.3 Å². The molecule has 1 saturated carbocycles. The topological polar surface area (TPSA) is 78.4 Å². The van der Waals surface area contributed by atoms with Crippen molar-refractivity contribution in [2.24, 2.45) is 5.92 Å². The summed E-state index contributed by atoms with van der Waals surface area (Å²) < 4.78 is 0. The summed E-state index contributed by atoms with van der Waals surface area (Å²) in [6, 6.07) is 4.64. The summed E-state index contributed by atoms with van der Waals surface area (Å²) in [4.78, 5) is 23.0. The van der Waals surface area contributed by atoms with Crippen molar-refractivity contribution in [3.8, 4) is 0 Å². The van der Waals surface area contributed by atoms with Crippen molar-refractivity contribution in [3.63, 3.8) is 0 Å². The van der Waals surface area contributed by atoms with Crippen LogP contribution in [0.25, 0.3) is 0 Å². The molecular weight excluding hydrogens is 339 g/mol. The molecule has 3 N–H and O–H groups in total. The molecule has 126 valence electrons. The Hall–Kier alpha value is -1.46. The van der Waals surface area contributed by atoms with Gasteiger partial charge in [0.05, 0.1) is 12.0 Å². The number of urea groups is 1. The molecule has 2 rings (SSSR count). The molecule has 1 aromatic carbocycles. The molecule has 5 nitrogen and oxygen atoms in total. The van der Waals surface area contributed by atoms with Gasteiger partial charge in [0.15, 0.2) is 0 Å². The average Bonchev–Trinajstić information content (AvgIpc) is 2.47. The Labute approximate surface area is 145 Å². The zero-order chi connectivity index (χ0) is 17.0. The normalized spacial score (nSPS) is 22.2. The van der Waals surface area contributed by atoms with E-state index in [0.29, 0.717) is 35.7 Å². The second-order valence-corrected chi connectivity index (χ2v) is 6.74. The average molecular weight is 359 g/mol. The van der Waals surface area contributed by atoms with E-state index in [4.69, 9.17) is 28.3 Å². The van der Waals surface area contributed by atoms with Gasteiger partial charge in [0, 0.05) is 16.1 Å². The molecule has 0 saturated heterocycles. The van der Waals surface area contributed by atoms with Gasteiger partial charge in [-0.25, -0.2) is 4.79 Å². The third-order valence-corrected chi connectivity index (χ3v) is 4.75. The molecule has 0 bridgehead atoms. The molecule has 0 radical (unpaired) electrons. The lowest BCUT2D eigenvalue weighted by molar-refractivity contribution is -0.142. The van der Waals surface area contributed by atoms with Crippen molar-refractivity contribution in [2.75, 3.05) is 0 Å². The maximum absolute atomic E-state index is 12.1. The Kier molecular flexibility index (Phi) is 6.13. The van der Waals surface area contributed by atoms with Crippen LogP contribution in [0.4, 0.5) is 4.79 Å². The summed E-state index contributed by atoms with van der Waals surface area (Å²) >= 11 is 12.0. The van der Waals surface area contributed by atoms with E-state index in [1.165, 1.54) is 0 Å². The van der Waals surface area contributed by atoms with E-state index in [0.717, 1.165) is 5.56 Å². The minimum Gasteiger partial charge on any atom is -0.481 e. The Morgan fingerprint density at radius 2 is 1.87 bits per heavy atom. The molecule has 1 fully saturated rings. The first-order chi connectivity index (χ1) is 10.9. The van der Waals surface area contributed by atoms with Crippen LogP contribution in [0, 0.1) is 5.92 Å². The lowest BCUT2D eigenvalue weighted by Gasteiger charge is -2.27. The van der Waals surface area contributed by atoms with Crippen molar-refractivity contribution in [2.45, 2.75) is 44.7 Å². The van der Waals surface area contributed by atoms with Gasteiger partial charge < -0.3 is 15.7 Å². The second kappa shape index (κ2) is 7.88. The van der Waals surface area contributed by atoms with E-state index < -0.39 is 5.97 Å². The number of halogens is 2. The van der Waals surface area contributed by atoms with Crippen LogP contribution < -0.4 is 10.6 Å². The molecule has 0 aliphatic heterocycles. The van der Waals surface area contributed by atoms with Gasteiger partial charge >= 0.3 is 12.0 Å². The number of rotatable bonds is 4. The van der Waals surface area contributed by atoms with Gasteiger partial charge in [-0.2, -0.15) is 0 Å². The van der Waals surface area contributed by atoms with E-state index >= 15 is 0 Å². The molecule has 1 aromatic rings. The first-order valence-electron chi connectivity index (χ1n) is 7.61. The molecule has 7 heteroatoms. The summed E-state index contributed by atoms with van der Waals surface area (Å²) in [7, 11) is 0. The quantitative estimate of drug-likeness (QED) is 0.760. The minimum atomic E-state index is -0.751. The van der Waals surface area contributed by atoms with Crippen molar-refractivity contribution < 1.29 is 14.7 Å². The number of hydrogen-bond donors (Lipinski definition) is 3. The van der Waals surface area contributed by atoms with Crippen molar-refractivity contribution >= 4 is 35.2 Å². The molecule has 1 aliphatic carbocycles. The van der Waals surface area contributed by atoms with Gasteiger partial charge in [-0.05, 0) is 50.3 Å². The Bertz CT molecular complexity index is 587. The minimum absolute atomic E-state index is 0.0125. The molecular formula is C16H20Cl2N2O3. The van der Waals surface area contributed by atoms with Crippen LogP contribution in [0.15, 0.2) is 18.2 Å². The molecule has 1 aliphatic rings. The molecule has 2 amide bonds. The Morgan fingerprint density at radius 1 is 1.22 bits per heavy atom. The van der Waals surface area contributed by atoms with Gasteiger partial charge in [0.25, 0.3) is 0 Å². The van der Waals surface area contributed by atoms with Gasteiger partial charge in [0.2, 0.25) is 0 Å². The fourth-order valence-corrected chi connectivity index (χ4v) is 3.41. The van der Waals surface area contributed by atoms with Gasteiger partial charge in [0.1, 0.15) is 0 Å². The number of aliphatic carboxylic acids is 1. The number of carbonyl (C=O) groups is 2. The fraction of sp³-hybridized carbons (Fsp3) is 0.500. The summed E-state index contributed by atoms with van der Waals surface area (Å²) in [6.45, 7) is 1.84. The number of carboxylic acids is 1. The second-order valence-electron chi connectivity index (χ2n) is 5.89. The molecule has 0 spiro atoms. The highest BCUT2D eigenvalue weighted by Crippen LogP contribution is 2.27. The largest absolute Gasteiger partial charge is 0.481 e. The highest BCUT2D eigenvalue weighted by Gasteiger charge is 2.27. The Balaban J connectivity index is 1.84. The van der Waals surface area contributed by atoms with E-state index in [9.17, 15) is 9.59 Å². The predicted octanol–water partition coefficient (Wildman–Crippen LogP) is 4.00. The SMILES string of the molecule is C[C@H](NC(=O)NC1CCC(C(=O)O)CC1)c1ccc(Cl)cc1Cl. The lowest BCUT2D eigenvalue weighted by atomic mass is 9.86. The van der Waals surface area contributed by atoms with Crippen LogP contribution in [-0.2, 0) is 4.79 Å². The summed E-state index contributed by atoms with van der Waals surface area (Å²) in [5.41, 5.74) is 0.792. The smallest absolute Gasteiger partial charge is 0.315 e. The monoisotopic (exact) mass is 358 g/mol. The highest BCUT2D eigenvalue weighted by atomic mass is 35.5. The standard InChI is InChI=1S/C16H20Cl2N2O3/c1-9(13-7-4-11(17)8-14(13)18)19-16(23)20-12-5-2-10(3-6-12)15(21)22/h4,7-10,12H,2-3,5-6H2,1H3,(H,21,22)(H2,19,20,23)/t9-,10?,12?/m0/s1. The number of hydrogen-bond acceptors (Lipinski definition) is 2. The first kappa shape index (κ1) is 17.9. The predicted molar refractivity (Wildman–Crippen MR) is 89.9 cm³/mol. The van der Waals surface area contributed by atoms with Crippen LogP contribution in [0.2, 0.25) is 10.0 Å². The molecule has 1 atom stereocenters. The molecule has 0 aromatic heterocycles. The number of amides is 2. The number of nitrogens with one attached hydrogen (secondary N) is 2. The third-order valence-electron chi connectivity index (χ3n) is 4.19. The van der Waals surface area contributed by atoms with Crippen LogP contribution in [0.3, 0.4) is 0 Å². The zero-order valence-corrected chi connectivity index (χ0v) is 14.3. The Morgan fingerprint density at radius 3 is 2.43 bits per heavy atom. The van der Waals surface area contributed by atoms with E-state index in [-0.39, 0.29) is 24.0 Å². The van der Waals surface area contributed by atoms with Crippen LogP contribution >= 0.6 is 23.2 Å².